The van der Waals surface area contributed by atoms with Gasteiger partial charge in [0.2, 0.25) is 0 Å². The van der Waals surface area contributed by atoms with Crippen molar-refractivity contribution in [2.24, 2.45) is 0 Å². The van der Waals surface area contributed by atoms with E-state index in [4.69, 9.17) is 9.47 Å². The Balaban J connectivity index is 3.99. The van der Waals surface area contributed by atoms with Crippen molar-refractivity contribution in [1.82, 2.24) is 0 Å². The number of phenolic OH excluding ortho intramolecular Hbond substituents is 1. The number of rotatable bonds is 7. The van der Waals surface area contributed by atoms with E-state index in [1.807, 2.05) is 13.8 Å². The smallest absolute Gasteiger partial charge is 0.298 e. The third-order valence-electron chi connectivity index (χ3n) is 3.74. The first-order valence-corrected chi connectivity index (χ1v) is 8.65. The zero-order chi connectivity index (χ0) is 17.1. The third-order valence-corrected chi connectivity index (χ3v) is 4.66. The molecule has 0 radical (unpaired) electrons. The summed E-state index contributed by atoms with van der Waals surface area (Å²) in [7, 11) is -1.91. The number of hydrogen-bond acceptors (Lipinski definition) is 5. The maximum absolute atomic E-state index is 11.9. The van der Waals surface area contributed by atoms with Crippen molar-refractivity contribution in [3.05, 3.63) is 11.1 Å². The van der Waals surface area contributed by atoms with E-state index in [1.165, 1.54) is 14.2 Å². The molecule has 126 valence electrons. The highest BCUT2D eigenvalue weighted by Gasteiger charge is 2.33. The number of aromatic hydroxyl groups is 1. The Morgan fingerprint density at radius 2 is 1.68 bits per heavy atom. The van der Waals surface area contributed by atoms with Gasteiger partial charge < -0.3 is 14.6 Å². The van der Waals surface area contributed by atoms with Gasteiger partial charge in [0.05, 0.1) is 14.2 Å². The highest BCUT2D eigenvalue weighted by atomic mass is 32.2. The monoisotopic (exact) mass is 332 g/mol. The zero-order valence-electron chi connectivity index (χ0n) is 13.6. The van der Waals surface area contributed by atoms with Crippen LogP contribution in [0.25, 0.3) is 0 Å². The molecule has 1 aromatic rings. The van der Waals surface area contributed by atoms with Crippen LogP contribution in [0.15, 0.2) is 4.90 Å². The van der Waals surface area contributed by atoms with Crippen molar-refractivity contribution in [3.63, 3.8) is 0 Å². The van der Waals surface area contributed by atoms with Gasteiger partial charge in [-0.2, -0.15) is 8.42 Å². The number of phenols is 1. The second-order valence-corrected chi connectivity index (χ2v) is 6.53. The fourth-order valence-corrected chi connectivity index (χ4v) is 3.53. The molecule has 7 heteroatoms. The number of ether oxygens (including phenoxy) is 2. The van der Waals surface area contributed by atoms with Crippen molar-refractivity contribution in [1.29, 1.82) is 0 Å². The van der Waals surface area contributed by atoms with Gasteiger partial charge in [-0.3, -0.25) is 4.55 Å². The molecule has 1 rings (SSSR count). The number of hydrogen-bond donors (Lipinski definition) is 2. The molecule has 6 nitrogen and oxygen atoms in total. The molecule has 0 spiro atoms. The second kappa shape index (κ2) is 7.19. The van der Waals surface area contributed by atoms with Crippen LogP contribution in [0, 0.1) is 0 Å². The van der Waals surface area contributed by atoms with E-state index < -0.39 is 15.0 Å². The molecule has 1 atom stereocenters. The Bertz CT molecular complexity index is 636. The van der Waals surface area contributed by atoms with Crippen molar-refractivity contribution in [3.8, 4) is 17.2 Å². The van der Waals surface area contributed by atoms with Gasteiger partial charge in [-0.1, -0.05) is 27.2 Å². The highest BCUT2D eigenvalue weighted by molar-refractivity contribution is 7.86. The summed E-state index contributed by atoms with van der Waals surface area (Å²) in [6, 6.07) is 0. The van der Waals surface area contributed by atoms with Crippen LogP contribution >= 0.6 is 0 Å². The topological polar surface area (TPSA) is 93.1 Å². The lowest BCUT2D eigenvalue weighted by atomic mass is 9.92. The largest absolute Gasteiger partial charge is 0.507 e. The first-order valence-electron chi connectivity index (χ1n) is 7.21. The number of methoxy groups -OCH3 is 2. The zero-order valence-corrected chi connectivity index (χ0v) is 14.5. The molecule has 0 saturated heterocycles. The second-order valence-electron chi connectivity index (χ2n) is 5.17. The standard InChI is InChI=1S/C15H24O6S/c1-6-8-10-12(16)11(9(3)7-2)15(22(17,18)19)14(21-5)13(10)20-4/h9,16H,6-8H2,1-5H3,(H,17,18,19). The molecule has 0 amide bonds. The van der Waals surface area contributed by atoms with Crippen LogP contribution in [0.1, 0.15) is 50.7 Å². The van der Waals surface area contributed by atoms with Gasteiger partial charge in [-0.25, -0.2) is 0 Å². The Morgan fingerprint density at radius 1 is 1.14 bits per heavy atom. The predicted octanol–water partition coefficient (Wildman–Crippen LogP) is 3.12. The summed E-state index contributed by atoms with van der Waals surface area (Å²) in [4.78, 5) is -0.418. The Hall–Kier alpha value is -1.47. The summed E-state index contributed by atoms with van der Waals surface area (Å²) in [6.45, 7) is 5.59. The molecule has 0 aliphatic carbocycles. The fourth-order valence-electron chi connectivity index (χ4n) is 2.54. The molecule has 0 heterocycles. The summed E-state index contributed by atoms with van der Waals surface area (Å²) in [5, 5.41) is 10.6. The highest BCUT2D eigenvalue weighted by Crippen LogP contribution is 2.49. The molecule has 0 bridgehead atoms. The number of benzene rings is 1. The average Bonchev–Trinajstić information content (AvgIpc) is 2.46. The molecule has 2 N–H and O–H groups in total. The van der Waals surface area contributed by atoms with Gasteiger partial charge in [-0.15, -0.1) is 0 Å². The fraction of sp³-hybridized carbons (Fsp3) is 0.600. The minimum Gasteiger partial charge on any atom is -0.507 e. The molecule has 0 fully saturated rings. The molecular formula is C15H24O6S. The summed E-state index contributed by atoms with van der Waals surface area (Å²) >= 11 is 0. The van der Waals surface area contributed by atoms with Crippen LogP contribution in [0.4, 0.5) is 0 Å². The summed E-state index contributed by atoms with van der Waals surface area (Å²) in [5.74, 6) is -0.350. The molecule has 1 unspecified atom stereocenters. The molecule has 1 aromatic carbocycles. The van der Waals surface area contributed by atoms with E-state index in [-0.39, 0.29) is 28.7 Å². The van der Waals surface area contributed by atoms with Gasteiger partial charge in [0, 0.05) is 11.1 Å². The Morgan fingerprint density at radius 3 is 2.05 bits per heavy atom. The van der Waals surface area contributed by atoms with Gasteiger partial charge in [0.15, 0.2) is 11.5 Å². The predicted molar refractivity (Wildman–Crippen MR) is 83.7 cm³/mol. The first kappa shape index (κ1) is 18.6. The normalized spacial score (nSPS) is 13.0. The Kier molecular flexibility index (Phi) is 6.08. The van der Waals surface area contributed by atoms with Crippen molar-refractivity contribution in [2.45, 2.75) is 50.8 Å². The van der Waals surface area contributed by atoms with Crippen LogP contribution in [0.2, 0.25) is 0 Å². The molecule has 0 aliphatic rings. The SMILES string of the molecule is CCCc1c(O)c(C(C)CC)c(S(=O)(=O)O)c(OC)c1OC. The Labute approximate surface area is 131 Å². The van der Waals surface area contributed by atoms with Crippen LogP contribution in [-0.2, 0) is 16.5 Å². The average molecular weight is 332 g/mol. The minimum atomic E-state index is -4.58. The molecule has 0 aliphatic heterocycles. The molecule has 22 heavy (non-hydrogen) atoms. The van der Waals surface area contributed by atoms with E-state index in [0.717, 1.165) is 6.42 Å². The summed E-state index contributed by atoms with van der Waals surface area (Å²) < 4.78 is 43.8. The van der Waals surface area contributed by atoms with Crippen molar-refractivity contribution >= 4 is 10.1 Å². The quantitative estimate of drug-likeness (QED) is 0.745. The van der Waals surface area contributed by atoms with Crippen molar-refractivity contribution in [2.75, 3.05) is 14.2 Å². The van der Waals surface area contributed by atoms with E-state index in [9.17, 15) is 18.1 Å². The van der Waals surface area contributed by atoms with Gasteiger partial charge >= 0.3 is 0 Å². The van der Waals surface area contributed by atoms with Crippen LogP contribution in [0.3, 0.4) is 0 Å². The molecule has 0 saturated carbocycles. The van der Waals surface area contributed by atoms with E-state index in [1.54, 1.807) is 6.92 Å². The van der Waals surface area contributed by atoms with E-state index in [2.05, 4.69) is 0 Å². The van der Waals surface area contributed by atoms with E-state index >= 15 is 0 Å². The lowest BCUT2D eigenvalue weighted by Gasteiger charge is -2.23. The third kappa shape index (κ3) is 3.30. The lowest BCUT2D eigenvalue weighted by Crippen LogP contribution is -2.12. The lowest BCUT2D eigenvalue weighted by molar-refractivity contribution is 0.332. The summed E-state index contributed by atoms with van der Waals surface area (Å²) in [6.07, 6.45) is 1.83. The maximum Gasteiger partial charge on any atom is 0.298 e. The maximum atomic E-state index is 11.9. The van der Waals surface area contributed by atoms with Gasteiger partial charge in [0.1, 0.15) is 10.6 Å². The van der Waals surface area contributed by atoms with Crippen LogP contribution < -0.4 is 9.47 Å². The molecule has 0 aromatic heterocycles. The summed E-state index contributed by atoms with van der Waals surface area (Å²) in [5.41, 5.74) is 0.663. The minimum absolute atomic E-state index is 0.0680. The van der Waals surface area contributed by atoms with Gasteiger partial charge in [0.25, 0.3) is 10.1 Å². The van der Waals surface area contributed by atoms with E-state index in [0.29, 0.717) is 18.4 Å². The van der Waals surface area contributed by atoms with Crippen molar-refractivity contribution < 1.29 is 27.6 Å². The first-order chi connectivity index (χ1) is 10.2. The van der Waals surface area contributed by atoms with Crippen LogP contribution in [-0.4, -0.2) is 32.3 Å². The molecular weight excluding hydrogens is 308 g/mol. The van der Waals surface area contributed by atoms with Crippen LogP contribution in [0.5, 0.6) is 17.2 Å². The van der Waals surface area contributed by atoms with Gasteiger partial charge in [-0.05, 0) is 18.8 Å².